The number of allylic oxidation sites excluding steroid dienone is 1. The molecule has 6 rings (SSSR count). The summed E-state index contributed by atoms with van der Waals surface area (Å²) >= 11 is 1.27. The Morgan fingerprint density at radius 2 is 2.15 bits per heavy atom. The highest BCUT2D eigenvalue weighted by Gasteiger charge is 2.32. The summed E-state index contributed by atoms with van der Waals surface area (Å²) in [5.41, 5.74) is 2.82. The molecule has 198 valence electrons. The standard InChI is InChI=1S/C28H26N6O4S/c29-12-19(10-17-3-4-17)27(37)33-9-1-2-20(33)14-34-22-6-5-18(15-35)11-21(22)31-28(34)32-26(36)25-8-7-24(39-25)23-13-30-16-38-23/h5-8,10-11,13,16-17,20,35H,1-4,9,14-15H2,(H,31,32,36)/b19-10+/t20-/m1/s1. The number of nitrogens with zero attached hydrogens (tertiary/aromatic N) is 5. The number of thiophene rings is 1. The van der Waals surface area contributed by atoms with E-state index in [2.05, 4.69) is 21.0 Å². The summed E-state index contributed by atoms with van der Waals surface area (Å²) in [5.74, 6) is 0.260. The molecule has 1 saturated carbocycles. The lowest BCUT2D eigenvalue weighted by atomic mass is 10.1. The molecule has 3 aromatic heterocycles. The van der Waals surface area contributed by atoms with Crippen molar-refractivity contribution in [2.24, 2.45) is 10.9 Å². The number of nitrogens with one attached hydrogen (secondary N) is 1. The van der Waals surface area contributed by atoms with Crippen LogP contribution in [-0.4, -0.2) is 48.9 Å². The molecule has 2 fully saturated rings. The smallest absolute Gasteiger partial charge is 0.290 e. The number of hydrogen-bond donors (Lipinski definition) is 2. The van der Waals surface area contributed by atoms with Crippen LogP contribution in [0.15, 0.2) is 64.0 Å². The van der Waals surface area contributed by atoms with Crippen molar-refractivity contribution >= 4 is 34.2 Å². The third-order valence-corrected chi connectivity index (χ3v) is 8.23. The van der Waals surface area contributed by atoms with E-state index in [-0.39, 0.29) is 24.1 Å². The first-order chi connectivity index (χ1) is 19.0. The molecule has 39 heavy (non-hydrogen) atoms. The van der Waals surface area contributed by atoms with E-state index >= 15 is 0 Å². The topological polar surface area (TPSA) is 141 Å². The summed E-state index contributed by atoms with van der Waals surface area (Å²) in [7, 11) is 0. The van der Waals surface area contributed by atoms with Crippen molar-refractivity contribution in [1.82, 2.24) is 19.4 Å². The third-order valence-electron chi connectivity index (χ3n) is 7.14. The van der Waals surface area contributed by atoms with Crippen LogP contribution in [0.2, 0.25) is 0 Å². The molecule has 2 amide bonds. The molecule has 1 atom stereocenters. The molecular weight excluding hydrogens is 516 g/mol. The fourth-order valence-electron chi connectivity index (χ4n) is 4.98. The summed E-state index contributed by atoms with van der Waals surface area (Å²) in [6.07, 6.45) is 8.39. The number of aromatic nitrogens is 3. The normalized spacial score (nSPS) is 18.2. The Bertz CT molecular complexity index is 1680. The van der Waals surface area contributed by atoms with Gasteiger partial charge >= 0.3 is 0 Å². The molecule has 1 aliphatic carbocycles. The zero-order chi connectivity index (χ0) is 26.9. The van der Waals surface area contributed by atoms with E-state index < -0.39 is 5.91 Å². The van der Waals surface area contributed by atoms with E-state index in [1.807, 2.05) is 22.8 Å². The van der Waals surface area contributed by atoms with Gasteiger partial charge in [0, 0.05) is 13.1 Å². The van der Waals surface area contributed by atoms with Gasteiger partial charge in [0.25, 0.3) is 11.8 Å². The average Bonchev–Trinajstić information content (AvgIpc) is 3.41. The fourth-order valence-corrected chi connectivity index (χ4v) is 5.82. The molecule has 4 aromatic rings. The molecule has 2 N–H and O–H groups in total. The van der Waals surface area contributed by atoms with Crippen molar-refractivity contribution in [3.05, 3.63) is 70.6 Å². The van der Waals surface area contributed by atoms with Gasteiger partial charge in [0.05, 0.1) is 39.6 Å². The highest BCUT2D eigenvalue weighted by atomic mass is 32.1. The van der Waals surface area contributed by atoms with Gasteiger partial charge in [-0.05, 0) is 61.4 Å². The molecule has 1 aliphatic heterocycles. The van der Waals surface area contributed by atoms with Crippen LogP contribution >= 0.6 is 11.3 Å². The van der Waals surface area contributed by atoms with Gasteiger partial charge in [-0.3, -0.25) is 9.59 Å². The van der Waals surface area contributed by atoms with Crippen molar-refractivity contribution in [3.8, 4) is 16.7 Å². The SMILES string of the molecule is N#C/C(=C\C1CC1)C(=O)N1CCC[C@@H]1Cn1/c(=N/C(=O)c2ccc(-c3cnco3)s2)[nH]c2cc(CO)ccc21. The first-order valence-electron chi connectivity index (χ1n) is 12.9. The number of fused-ring (bicyclic) bond motifs is 1. The molecule has 1 saturated heterocycles. The maximum Gasteiger partial charge on any atom is 0.290 e. The van der Waals surface area contributed by atoms with E-state index in [9.17, 15) is 20.0 Å². The molecule has 0 radical (unpaired) electrons. The maximum atomic E-state index is 13.3. The Morgan fingerprint density at radius 1 is 1.28 bits per heavy atom. The van der Waals surface area contributed by atoms with Gasteiger partial charge in [0.15, 0.2) is 12.2 Å². The van der Waals surface area contributed by atoms with Gasteiger partial charge < -0.3 is 24.0 Å². The lowest BCUT2D eigenvalue weighted by molar-refractivity contribution is -0.127. The van der Waals surface area contributed by atoms with Crippen molar-refractivity contribution in [1.29, 1.82) is 5.26 Å². The summed E-state index contributed by atoms with van der Waals surface area (Å²) < 4.78 is 7.24. The average molecular weight is 543 g/mol. The van der Waals surface area contributed by atoms with Crippen LogP contribution in [0.25, 0.3) is 21.7 Å². The Kier molecular flexibility index (Phi) is 6.72. The van der Waals surface area contributed by atoms with Gasteiger partial charge in [-0.25, -0.2) is 4.98 Å². The number of amides is 2. The number of nitriles is 1. The van der Waals surface area contributed by atoms with Gasteiger partial charge in [-0.1, -0.05) is 12.1 Å². The predicted molar refractivity (Wildman–Crippen MR) is 143 cm³/mol. The Labute approximate surface area is 227 Å². The van der Waals surface area contributed by atoms with Crippen molar-refractivity contribution in [2.45, 2.75) is 44.9 Å². The lowest BCUT2D eigenvalue weighted by Gasteiger charge is -2.25. The van der Waals surface area contributed by atoms with Gasteiger partial charge in [0.1, 0.15) is 11.6 Å². The van der Waals surface area contributed by atoms with Crippen LogP contribution in [0.5, 0.6) is 0 Å². The van der Waals surface area contributed by atoms with Crippen LogP contribution in [0.4, 0.5) is 0 Å². The number of benzene rings is 1. The zero-order valence-electron chi connectivity index (χ0n) is 21.0. The maximum absolute atomic E-state index is 13.3. The van der Waals surface area contributed by atoms with Crippen LogP contribution in [0.1, 0.15) is 40.9 Å². The second-order valence-corrected chi connectivity index (χ2v) is 10.9. The zero-order valence-corrected chi connectivity index (χ0v) is 21.9. The van der Waals surface area contributed by atoms with Crippen LogP contribution in [-0.2, 0) is 17.9 Å². The molecule has 10 nitrogen and oxygen atoms in total. The van der Waals surface area contributed by atoms with Gasteiger partial charge in [0.2, 0.25) is 5.62 Å². The number of likely N-dealkylation sites (tertiary alicyclic amines) is 1. The number of H-pyrrole nitrogens is 1. The molecule has 11 heteroatoms. The summed E-state index contributed by atoms with van der Waals surface area (Å²) in [6, 6.07) is 11.0. The first-order valence-corrected chi connectivity index (χ1v) is 13.7. The largest absolute Gasteiger partial charge is 0.443 e. The molecule has 0 bridgehead atoms. The van der Waals surface area contributed by atoms with E-state index in [4.69, 9.17) is 4.42 Å². The quantitative estimate of drug-likeness (QED) is 0.269. The van der Waals surface area contributed by atoms with Crippen LogP contribution < -0.4 is 5.62 Å². The van der Waals surface area contributed by atoms with E-state index in [1.165, 1.54) is 17.7 Å². The van der Waals surface area contributed by atoms with Crippen molar-refractivity contribution in [2.75, 3.05) is 6.54 Å². The van der Waals surface area contributed by atoms with E-state index in [1.54, 1.807) is 29.3 Å². The highest BCUT2D eigenvalue weighted by Crippen LogP contribution is 2.32. The molecule has 1 aromatic carbocycles. The van der Waals surface area contributed by atoms with E-state index in [0.717, 1.165) is 47.2 Å². The summed E-state index contributed by atoms with van der Waals surface area (Å²) in [4.78, 5) is 41.1. The van der Waals surface area contributed by atoms with Crippen LogP contribution in [0, 0.1) is 17.2 Å². The number of aliphatic hydroxyl groups is 1. The number of carbonyl (C=O) groups excluding carboxylic acids is 2. The summed E-state index contributed by atoms with van der Waals surface area (Å²) in [6.45, 7) is 0.872. The number of hydrogen-bond acceptors (Lipinski definition) is 7. The molecular formula is C28H26N6O4S. The number of oxazole rings is 1. The predicted octanol–water partition coefficient (Wildman–Crippen LogP) is 3.77. The second-order valence-electron chi connectivity index (χ2n) is 9.84. The van der Waals surface area contributed by atoms with Gasteiger partial charge in [-0.2, -0.15) is 10.3 Å². The second kappa shape index (κ2) is 10.5. The Hall–Kier alpha value is -4.27. The number of aromatic amines is 1. The van der Waals surface area contributed by atoms with Crippen molar-refractivity contribution < 1.29 is 19.1 Å². The number of aliphatic hydroxyl groups excluding tert-OH is 1. The fraction of sp³-hybridized carbons (Fsp3) is 0.321. The third kappa shape index (κ3) is 5.08. The minimum absolute atomic E-state index is 0.116. The lowest BCUT2D eigenvalue weighted by Crippen LogP contribution is -2.40. The van der Waals surface area contributed by atoms with Crippen LogP contribution in [0.3, 0.4) is 0 Å². The monoisotopic (exact) mass is 542 g/mol. The Morgan fingerprint density at radius 3 is 2.90 bits per heavy atom. The molecule has 2 aliphatic rings. The number of imidazole rings is 1. The van der Waals surface area contributed by atoms with Gasteiger partial charge in [-0.15, -0.1) is 11.3 Å². The highest BCUT2D eigenvalue weighted by molar-refractivity contribution is 7.17. The molecule has 0 spiro atoms. The Balaban J connectivity index is 1.35. The van der Waals surface area contributed by atoms with Crippen molar-refractivity contribution in [3.63, 3.8) is 0 Å². The minimum atomic E-state index is -0.410. The molecule has 4 heterocycles. The van der Waals surface area contributed by atoms with E-state index in [0.29, 0.717) is 35.3 Å². The first kappa shape index (κ1) is 25.0. The number of carbonyl (C=O) groups is 2. The number of rotatable bonds is 7. The summed E-state index contributed by atoms with van der Waals surface area (Å²) in [5, 5.41) is 19.3. The molecule has 0 unspecified atom stereocenters. The minimum Gasteiger partial charge on any atom is -0.443 e.